The molecule has 0 saturated heterocycles. The molecule has 7 heteroatoms. The van der Waals surface area contributed by atoms with Gasteiger partial charge >= 0.3 is 6.03 Å². The molecule has 3 aromatic rings. The van der Waals surface area contributed by atoms with Crippen molar-refractivity contribution in [1.29, 1.82) is 0 Å². The van der Waals surface area contributed by atoms with Crippen LogP contribution in [0.25, 0.3) is 11.0 Å². The molecule has 1 aromatic heterocycles. The molecule has 0 radical (unpaired) electrons. The average molecular weight is 356 g/mol. The standard InChI is InChI=1S/C18H20N4O2S/c1-11-8-12(2)10-13(9-11)25-21-18(23)19-17-16-14(22(3)4)6-5-7-15(16)24-20-17/h5-10H,1-4H3,(H2,19,20,21,23). The van der Waals surface area contributed by atoms with Gasteiger partial charge in [-0.2, -0.15) is 0 Å². The molecule has 1 heterocycles. The first-order chi connectivity index (χ1) is 11.9. The molecule has 0 fully saturated rings. The Morgan fingerprint density at radius 3 is 2.56 bits per heavy atom. The Labute approximate surface area is 150 Å². The van der Waals surface area contributed by atoms with Gasteiger partial charge in [0.1, 0.15) is 0 Å². The third-order valence-electron chi connectivity index (χ3n) is 3.65. The predicted octanol–water partition coefficient (Wildman–Crippen LogP) is 4.34. The second-order valence-corrected chi connectivity index (χ2v) is 6.94. The Morgan fingerprint density at radius 2 is 1.88 bits per heavy atom. The van der Waals surface area contributed by atoms with Gasteiger partial charge in [0.2, 0.25) is 0 Å². The predicted molar refractivity (Wildman–Crippen MR) is 102 cm³/mol. The number of rotatable bonds is 4. The summed E-state index contributed by atoms with van der Waals surface area (Å²) in [6.45, 7) is 4.06. The summed E-state index contributed by atoms with van der Waals surface area (Å²) in [5.74, 6) is 0.401. The van der Waals surface area contributed by atoms with E-state index in [4.69, 9.17) is 4.52 Å². The molecule has 0 aliphatic carbocycles. The summed E-state index contributed by atoms with van der Waals surface area (Å²) < 4.78 is 8.09. The van der Waals surface area contributed by atoms with Crippen molar-refractivity contribution in [3.05, 3.63) is 47.5 Å². The van der Waals surface area contributed by atoms with E-state index in [1.807, 2.05) is 63.2 Å². The van der Waals surface area contributed by atoms with Gasteiger partial charge < -0.3 is 9.42 Å². The average Bonchev–Trinajstić information content (AvgIpc) is 2.95. The lowest BCUT2D eigenvalue weighted by Crippen LogP contribution is -2.23. The topological polar surface area (TPSA) is 70.4 Å². The van der Waals surface area contributed by atoms with E-state index in [0.29, 0.717) is 11.4 Å². The van der Waals surface area contributed by atoms with Crippen molar-refractivity contribution < 1.29 is 9.32 Å². The van der Waals surface area contributed by atoms with Crippen LogP contribution in [0.2, 0.25) is 0 Å². The Kier molecular flexibility index (Phi) is 4.85. The number of urea groups is 1. The molecule has 6 nitrogen and oxygen atoms in total. The SMILES string of the molecule is Cc1cc(C)cc(SNC(=O)Nc2noc3cccc(N(C)C)c23)c1. The first-order valence-corrected chi connectivity index (χ1v) is 8.63. The molecular formula is C18H20N4O2S. The summed E-state index contributed by atoms with van der Waals surface area (Å²) in [6.07, 6.45) is 0. The van der Waals surface area contributed by atoms with E-state index in [-0.39, 0.29) is 6.03 Å². The highest BCUT2D eigenvalue weighted by atomic mass is 32.2. The number of aromatic nitrogens is 1. The highest BCUT2D eigenvalue weighted by Gasteiger charge is 2.16. The Hall–Kier alpha value is -2.67. The smallest absolute Gasteiger partial charge is 0.330 e. The fraction of sp³-hybridized carbons (Fsp3) is 0.222. The van der Waals surface area contributed by atoms with Gasteiger partial charge in [-0.1, -0.05) is 17.3 Å². The fourth-order valence-corrected chi connectivity index (χ4v) is 3.41. The lowest BCUT2D eigenvalue weighted by atomic mass is 10.2. The van der Waals surface area contributed by atoms with Crippen molar-refractivity contribution in [3.8, 4) is 0 Å². The minimum absolute atomic E-state index is 0.354. The molecule has 0 aliphatic heterocycles. The molecule has 130 valence electrons. The van der Waals surface area contributed by atoms with Gasteiger partial charge in [0.15, 0.2) is 11.4 Å². The first kappa shape index (κ1) is 17.2. The monoisotopic (exact) mass is 356 g/mol. The number of anilines is 2. The van der Waals surface area contributed by atoms with Crippen molar-refractivity contribution in [2.24, 2.45) is 0 Å². The minimum atomic E-state index is -0.354. The van der Waals surface area contributed by atoms with Crippen molar-refractivity contribution in [1.82, 2.24) is 9.88 Å². The van der Waals surface area contributed by atoms with Crippen LogP contribution in [0.1, 0.15) is 11.1 Å². The molecule has 0 spiro atoms. The van der Waals surface area contributed by atoms with E-state index >= 15 is 0 Å². The van der Waals surface area contributed by atoms with Crippen LogP contribution in [0.5, 0.6) is 0 Å². The molecule has 0 bridgehead atoms. The highest BCUT2D eigenvalue weighted by Crippen LogP contribution is 2.31. The van der Waals surface area contributed by atoms with Crippen LogP contribution in [0.4, 0.5) is 16.3 Å². The number of fused-ring (bicyclic) bond motifs is 1. The molecule has 25 heavy (non-hydrogen) atoms. The summed E-state index contributed by atoms with van der Waals surface area (Å²) in [7, 11) is 3.86. The number of nitrogens with one attached hydrogen (secondary N) is 2. The maximum Gasteiger partial charge on any atom is 0.330 e. The van der Waals surface area contributed by atoms with Gasteiger partial charge in [-0.05, 0) is 61.2 Å². The Morgan fingerprint density at radius 1 is 1.16 bits per heavy atom. The first-order valence-electron chi connectivity index (χ1n) is 7.82. The third-order valence-corrected chi connectivity index (χ3v) is 4.41. The minimum Gasteiger partial charge on any atom is -0.377 e. The maximum absolute atomic E-state index is 12.2. The van der Waals surface area contributed by atoms with Crippen LogP contribution in [-0.2, 0) is 0 Å². The summed E-state index contributed by atoms with van der Waals surface area (Å²) in [5, 5.41) is 7.51. The van der Waals surface area contributed by atoms with E-state index in [1.54, 1.807) is 0 Å². The van der Waals surface area contributed by atoms with E-state index in [1.165, 1.54) is 11.9 Å². The normalized spacial score (nSPS) is 10.7. The van der Waals surface area contributed by atoms with Gasteiger partial charge in [-0.15, -0.1) is 0 Å². The second kappa shape index (κ2) is 7.06. The molecular weight excluding hydrogens is 336 g/mol. The summed E-state index contributed by atoms with van der Waals surface area (Å²) in [5.41, 5.74) is 3.87. The van der Waals surface area contributed by atoms with E-state index in [0.717, 1.165) is 27.1 Å². The molecule has 0 atom stereocenters. The van der Waals surface area contributed by atoms with Gasteiger partial charge in [0, 0.05) is 19.0 Å². The Bertz CT molecular complexity index is 900. The second-order valence-electron chi connectivity index (χ2n) is 6.06. The fourth-order valence-electron chi connectivity index (χ4n) is 2.66. The number of aryl methyl sites for hydroxylation is 2. The lowest BCUT2D eigenvalue weighted by Gasteiger charge is -2.13. The van der Waals surface area contributed by atoms with Crippen LogP contribution in [-0.4, -0.2) is 25.3 Å². The molecule has 2 aromatic carbocycles. The number of carbonyl (C=O) groups is 1. The number of nitrogens with zero attached hydrogens (tertiary/aromatic N) is 2. The third kappa shape index (κ3) is 3.88. The molecule has 3 rings (SSSR count). The van der Waals surface area contributed by atoms with E-state index in [2.05, 4.69) is 21.3 Å². The summed E-state index contributed by atoms with van der Waals surface area (Å²) in [6, 6.07) is 11.4. The zero-order chi connectivity index (χ0) is 18.0. The molecule has 0 aliphatic rings. The highest BCUT2D eigenvalue weighted by molar-refractivity contribution is 7.98. The van der Waals surface area contributed by atoms with Crippen molar-refractivity contribution in [3.63, 3.8) is 0 Å². The lowest BCUT2D eigenvalue weighted by molar-refractivity contribution is 0.257. The van der Waals surface area contributed by atoms with Crippen LogP contribution < -0.4 is 14.9 Å². The Balaban J connectivity index is 1.74. The van der Waals surface area contributed by atoms with Crippen molar-refractivity contribution in [2.45, 2.75) is 18.7 Å². The van der Waals surface area contributed by atoms with Gasteiger partial charge in [0.25, 0.3) is 0 Å². The zero-order valence-electron chi connectivity index (χ0n) is 14.6. The quantitative estimate of drug-likeness (QED) is 0.681. The number of hydrogen-bond acceptors (Lipinski definition) is 5. The van der Waals surface area contributed by atoms with Gasteiger partial charge in [0.05, 0.1) is 11.1 Å². The van der Waals surface area contributed by atoms with Crippen LogP contribution in [0, 0.1) is 13.8 Å². The summed E-state index contributed by atoms with van der Waals surface area (Å²) >= 11 is 1.26. The molecule has 0 saturated carbocycles. The van der Waals surface area contributed by atoms with Gasteiger partial charge in [-0.3, -0.25) is 10.0 Å². The van der Waals surface area contributed by atoms with E-state index < -0.39 is 0 Å². The number of carbonyl (C=O) groups excluding carboxylic acids is 1. The van der Waals surface area contributed by atoms with Crippen molar-refractivity contribution in [2.75, 3.05) is 24.3 Å². The van der Waals surface area contributed by atoms with Crippen LogP contribution in [0.15, 0.2) is 45.8 Å². The number of hydrogen-bond donors (Lipinski definition) is 2. The van der Waals surface area contributed by atoms with Crippen LogP contribution >= 0.6 is 11.9 Å². The largest absolute Gasteiger partial charge is 0.377 e. The maximum atomic E-state index is 12.2. The van der Waals surface area contributed by atoms with Gasteiger partial charge in [-0.25, -0.2) is 4.79 Å². The molecule has 2 amide bonds. The molecule has 0 unspecified atom stereocenters. The summed E-state index contributed by atoms with van der Waals surface area (Å²) in [4.78, 5) is 15.2. The van der Waals surface area contributed by atoms with Crippen molar-refractivity contribution >= 4 is 40.5 Å². The number of amides is 2. The van der Waals surface area contributed by atoms with Crippen LogP contribution in [0.3, 0.4) is 0 Å². The van der Waals surface area contributed by atoms with E-state index in [9.17, 15) is 4.79 Å². The zero-order valence-corrected chi connectivity index (χ0v) is 15.4. The molecule has 2 N–H and O–H groups in total. The number of benzene rings is 2.